The summed E-state index contributed by atoms with van der Waals surface area (Å²) in [6.45, 7) is 0. The molecule has 0 N–H and O–H groups in total. The van der Waals surface area contributed by atoms with Crippen molar-refractivity contribution in [3.63, 3.8) is 0 Å². The average Bonchev–Trinajstić information content (AvgIpc) is 1.84. The van der Waals surface area contributed by atoms with Gasteiger partial charge < -0.3 is 0 Å². The Balaban J connectivity index is 2.40. The van der Waals surface area contributed by atoms with Crippen molar-refractivity contribution in [3.8, 4) is 0 Å². The van der Waals surface area contributed by atoms with Gasteiger partial charge in [-0.3, -0.25) is 0 Å². The highest BCUT2D eigenvalue weighted by Crippen LogP contribution is 2.41. The van der Waals surface area contributed by atoms with E-state index in [1.165, 1.54) is 12.8 Å². The highest BCUT2D eigenvalue weighted by molar-refractivity contribution is 9.25. The zero-order valence-corrected chi connectivity index (χ0v) is 7.13. The van der Waals surface area contributed by atoms with Crippen LogP contribution < -0.4 is 0 Å². The largest absolute Gasteiger partial charge is 0.0808 e. The van der Waals surface area contributed by atoms with Gasteiger partial charge in [-0.1, -0.05) is 31.9 Å². The van der Waals surface area contributed by atoms with Crippen LogP contribution in [-0.4, -0.2) is 3.23 Å². The van der Waals surface area contributed by atoms with Crippen LogP contribution in [0.3, 0.4) is 0 Å². The monoisotopic (exact) mass is 225 g/mol. The molecule has 0 saturated heterocycles. The molecule has 1 saturated carbocycles. The summed E-state index contributed by atoms with van der Waals surface area (Å²) in [5.74, 6) is 0. The third-order valence-electron chi connectivity index (χ3n) is 1.16. The minimum absolute atomic E-state index is 0.264. The molecule has 41 valence electrons. The van der Waals surface area contributed by atoms with Crippen molar-refractivity contribution >= 4 is 31.9 Å². The molecule has 7 heavy (non-hydrogen) atoms. The fourth-order valence-electron chi connectivity index (χ4n) is 0.729. The summed E-state index contributed by atoms with van der Waals surface area (Å²) in [5.41, 5.74) is 0. The van der Waals surface area contributed by atoms with Gasteiger partial charge in [-0.2, -0.15) is 0 Å². The Labute approximate surface area is 60.9 Å². The summed E-state index contributed by atoms with van der Waals surface area (Å²) in [4.78, 5) is 0. The molecule has 0 aliphatic heterocycles. The highest BCUT2D eigenvalue weighted by atomic mass is 79.9. The quantitative estimate of drug-likeness (QED) is 0.558. The summed E-state index contributed by atoms with van der Waals surface area (Å²) in [7, 11) is 0. The lowest BCUT2D eigenvalue weighted by Gasteiger charge is -2.08. The number of hydrogen-bond acceptors (Lipinski definition) is 0. The van der Waals surface area contributed by atoms with Crippen LogP contribution in [0.25, 0.3) is 0 Å². The second kappa shape index (κ2) is 2.06. The molecule has 1 aliphatic rings. The molecule has 0 nitrogen and oxygen atoms in total. The van der Waals surface area contributed by atoms with Crippen LogP contribution >= 0.6 is 31.9 Å². The first-order valence-corrected chi connectivity index (χ1v) is 3.99. The standard InChI is InChI=1S/C5H7Br2/c6-5(7)3-1-2-4-5/h1H,2-4H2. The number of alkyl halides is 2. The molecule has 0 aromatic carbocycles. The smallest absolute Gasteiger partial charge is 0.0727 e. The molecule has 1 rings (SSSR count). The van der Waals surface area contributed by atoms with Gasteiger partial charge in [-0.15, -0.1) is 0 Å². The second-order valence-electron chi connectivity index (χ2n) is 1.89. The van der Waals surface area contributed by atoms with Crippen molar-refractivity contribution in [2.24, 2.45) is 0 Å². The molecule has 0 aromatic heterocycles. The second-order valence-corrected chi connectivity index (χ2v) is 5.99. The number of halogens is 2. The molecule has 1 aliphatic carbocycles. The van der Waals surface area contributed by atoms with Crippen molar-refractivity contribution < 1.29 is 0 Å². The Morgan fingerprint density at radius 3 is 2.29 bits per heavy atom. The van der Waals surface area contributed by atoms with Crippen LogP contribution in [-0.2, 0) is 0 Å². The van der Waals surface area contributed by atoms with Crippen molar-refractivity contribution in [3.05, 3.63) is 6.42 Å². The topological polar surface area (TPSA) is 0 Å². The molecule has 0 aromatic rings. The predicted molar refractivity (Wildman–Crippen MR) is 38.7 cm³/mol. The zero-order valence-electron chi connectivity index (χ0n) is 3.95. The van der Waals surface area contributed by atoms with Crippen LogP contribution in [0.2, 0.25) is 0 Å². The Hall–Kier alpha value is 0.960. The number of hydrogen-bond donors (Lipinski definition) is 0. The van der Waals surface area contributed by atoms with Gasteiger partial charge in [0.15, 0.2) is 0 Å². The Morgan fingerprint density at radius 2 is 2.14 bits per heavy atom. The molecule has 0 unspecified atom stereocenters. The van der Waals surface area contributed by atoms with Gasteiger partial charge in [0.2, 0.25) is 0 Å². The lowest BCUT2D eigenvalue weighted by atomic mass is 10.4. The predicted octanol–water partition coefficient (Wildman–Crippen LogP) is 2.86. The maximum Gasteiger partial charge on any atom is 0.0808 e. The van der Waals surface area contributed by atoms with E-state index in [0.717, 1.165) is 6.42 Å². The van der Waals surface area contributed by atoms with Gasteiger partial charge >= 0.3 is 0 Å². The van der Waals surface area contributed by atoms with Crippen LogP contribution in [0, 0.1) is 6.42 Å². The van der Waals surface area contributed by atoms with E-state index in [-0.39, 0.29) is 3.23 Å². The third kappa shape index (κ3) is 1.73. The summed E-state index contributed by atoms with van der Waals surface area (Å²) >= 11 is 7.06. The minimum Gasteiger partial charge on any atom is -0.0727 e. The van der Waals surface area contributed by atoms with Crippen LogP contribution in [0.5, 0.6) is 0 Å². The summed E-state index contributed by atoms with van der Waals surface area (Å²) < 4.78 is 0.264. The highest BCUT2D eigenvalue weighted by Gasteiger charge is 2.26. The molecule has 1 fully saturated rings. The Bertz CT molecular complexity index is 60.5. The fourth-order valence-corrected chi connectivity index (χ4v) is 1.64. The average molecular weight is 227 g/mol. The van der Waals surface area contributed by atoms with Crippen LogP contribution in [0.4, 0.5) is 0 Å². The maximum atomic E-state index is 3.53. The van der Waals surface area contributed by atoms with Crippen molar-refractivity contribution in [1.29, 1.82) is 0 Å². The molecule has 0 spiro atoms. The molecule has 1 radical (unpaired) electrons. The molecule has 0 atom stereocenters. The lowest BCUT2D eigenvalue weighted by Crippen LogP contribution is -2.00. The van der Waals surface area contributed by atoms with Crippen LogP contribution in [0.15, 0.2) is 0 Å². The fraction of sp³-hybridized carbons (Fsp3) is 0.800. The summed E-state index contributed by atoms with van der Waals surface area (Å²) in [5, 5.41) is 0. The van der Waals surface area contributed by atoms with E-state index in [0.29, 0.717) is 0 Å². The molecular weight excluding hydrogens is 220 g/mol. The first kappa shape index (κ1) is 6.09. The van der Waals surface area contributed by atoms with Crippen molar-refractivity contribution in [2.75, 3.05) is 0 Å². The van der Waals surface area contributed by atoms with E-state index in [4.69, 9.17) is 0 Å². The molecular formula is C5H7Br2. The third-order valence-corrected chi connectivity index (χ3v) is 2.60. The van der Waals surface area contributed by atoms with Crippen molar-refractivity contribution in [1.82, 2.24) is 0 Å². The van der Waals surface area contributed by atoms with Crippen molar-refractivity contribution in [2.45, 2.75) is 22.5 Å². The summed E-state index contributed by atoms with van der Waals surface area (Å²) in [6.07, 6.45) is 5.93. The first-order chi connectivity index (χ1) is 3.21. The van der Waals surface area contributed by atoms with Crippen LogP contribution in [0.1, 0.15) is 19.3 Å². The number of rotatable bonds is 0. The van der Waals surface area contributed by atoms with Gasteiger partial charge in [-0.05, 0) is 25.7 Å². The Morgan fingerprint density at radius 1 is 1.43 bits per heavy atom. The van der Waals surface area contributed by atoms with E-state index >= 15 is 0 Å². The maximum absolute atomic E-state index is 3.53. The van der Waals surface area contributed by atoms with E-state index in [1.807, 2.05) is 0 Å². The molecule has 0 heterocycles. The molecule has 2 heteroatoms. The van der Waals surface area contributed by atoms with E-state index in [2.05, 4.69) is 38.3 Å². The molecule has 0 amide bonds. The molecule has 0 bridgehead atoms. The van der Waals surface area contributed by atoms with Gasteiger partial charge in [0, 0.05) is 0 Å². The van der Waals surface area contributed by atoms with Gasteiger partial charge in [-0.25, -0.2) is 0 Å². The summed E-state index contributed by atoms with van der Waals surface area (Å²) in [6, 6.07) is 0. The SMILES string of the molecule is BrC1(Br)C[CH]CC1. The van der Waals surface area contributed by atoms with Gasteiger partial charge in [0.1, 0.15) is 0 Å². The first-order valence-electron chi connectivity index (χ1n) is 2.40. The normalized spacial score (nSPS) is 28.3. The lowest BCUT2D eigenvalue weighted by molar-refractivity contribution is 0.878. The zero-order chi connectivity index (χ0) is 5.33. The van der Waals surface area contributed by atoms with E-state index < -0.39 is 0 Å². The van der Waals surface area contributed by atoms with E-state index in [1.54, 1.807) is 0 Å². The minimum atomic E-state index is 0.264. The van der Waals surface area contributed by atoms with E-state index in [9.17, 15) is 0 Å². The Kier molecular flexibility index (Phi) is 1.79. The van der Waals surface area contributed by atoms with Gasteiger partial charge in [0.05, 0.1) is 3.23 Å². The van der Waals surface area contributed by atoms with Gasteiger partial charge in [0.25, 0.3) is 0 Å².